The van der Waals surface area contributed by atoms with Crippen LogP contribution in [0.15, 0.2) is 60.0 Å². The Morgan fingerprint density at radius 1 is 0.906 bits per heavy atom. The number of anilines is 1. The second kappa shape index (κ2) is 11.0. The van der Waals surface area contributed by atoms with Gasteiger partial charge in [0.05, 0.1) is 4.88 Å². The van der Waals surface area contributed by atoms with Crippen LogP contribution in [-0.2, 0) is 4.79 Å². The van der Waals surface area contributed by atoms with Gasteiger partial charge in [-0.3, -0.25) is 14.4 Å². The number of carbonyl (C=O) groups excluding carboxylic acids is 3. The molecule has 3 aromatic rings. The van der Waals surface area contributed by atoms with Gasteiger partial charge in [-0.05, 0) is 47.8 Å². The molecule has 1 heterocycles. The molecular formula is C22H19F2N3O4S. The number of halogens is 2. The number of thiophene rings is 1. The van der Waals surface area contributed by atoms with Gasteiger partial charge in [0, 0.05) is 30.4 Å². The van der Waals surface area contributed by atoms with Crippen molar-refractivity contribution in [1.29, 1.82) is 0 Å². The fourth-order valence-corrected chi connectivity index (χ4v) is 3.23. The molecule has 0 unspecified atom stereocenters. The summed E-state index contributed by atoms with van der Waals surface area (Å²) in [6, 6.07) is 12.4. The summed E-state index contributed by atoms with van der Waals surface area (Å²) in [6.45, 7) is 0.0684. The summed E-state index contributed by atoms with van der Waals surface area (Å²) in [5.41, 5.74) is 0.787. The minimum atomic E-state index is -0.903. The smallest absolute Gasteiger partial charge is 0.262 e. The van der Waals surface area contributed by atoms with Gasteiger partial charge in [0.25, 0.3) is 17.7 Å². The van der Waals surface area contributed by atoms with Crippen molar-refractivity contribution in [2.75, 3.05) is 25.0 Å². The summed E-state index contributed by atoms with van der Waals surface area (Å²) in [5, 5.41) is 9.75. The van der Waals surface area contributed by atoms with Gasteiger partial charge in [0.1, 0.15) is 5.82 Å². The van der Waals surface area contributed by atoms with E-state index in [1.165, 1.54) is 35.6 Å². The van der Waals surface area contributed by atoms with Crippen LogP contribution < -0.4 is 20.7 Å². The van der Waals surface area contributed by atoms with E-state index in [1.54, 1.807) is 17.5 Å². The first-order valence-electron chi connectivity index (χ1n) is 9.50. The van der Waals surface area contributed by atoms with E-state index in [1.807, 2.05) is 0 Å². The molecule has 0 spiro atoms. The molecule has 0 saturated carbocycles. The molecule has 1 aromatic heterocycles. The molecule has 0 saturated heterocycles. The van der Waals surface area contributed by atoms with Gasteiger partial charge in [0.2, 0.25) is 0 Å². The predicted octanol–water partition coefficient (Wildman–Crippen LogP) is 3.20. The Labute approximate surface area is 186 Å². The van der Waals surface area contributed by atoms with E-state index < -0.39 is 24.1 Å². The molecule has 0 aliphatic carbocycles. The van der Waals surface area contributed by atoms with E-state index in [0.29, 0.717) is 22.2 Å². The summed E-state index contributed by atoms with van der Waals surface area (Å²) in [5.74, 6) is -2.96. The quantitative estimate of drug-likeness (QED) is 0.428. The lowest BCUT2D eigenvalue weighted by molar-refractivity contribution is -0.118. The Hall–Kier alpha value is -3.79. The summed E-state index contributed by atoms with van der Waals surface area (Å²) < 4.78 is 31.4. The molecule has 10 heteroatoms. The number of ether oxygens (including phenoxy) is 1. The molecule has 2 aromatic carbocycles. The minimum Gasteiger partial charge on any atom is -0.481 e. The largest absolute Gasteiger partial charge is 0.481 e. The van der Waals surface area contributed by atoms with Gasteiger partial charge in [-0.15, -0.1) is 11.3 Å². The normalized spacial score (nSPS) is 10.3. The van der Waals surface area contributed by atoms with Gasteiger partial charge in [-0.25, -0.2) is 8.78 Å². The van der Waals surface area contributed by atoms with Crippen molar-refractivity contribution in [2.45, 2.75) is 0 Å². The minimum absolute atomic E-state index is 0.194. The van der Waals surface area contributed by atoms with Gasteiger partial charge in [-0.1, -0.05) is 6.07 Å². The average Bonchev–Trinajstić information content (AvgIpc) is 3.31. The molecule has 3 amide bonds. The highest BCUT2D eigenvalue weighted by molar-refractivity contribution is 7.12. The third kappa shape index (κ3) is 6.61. The van der Waals surface area contributed by atoms with Crippen molar-refractivity contribution in [2.24, 2.45) is 0 Å². The Bertz CT molecular complexity index is 1090. The van der Waals surface area contributed by atoms with E-state index in [4.69, 9.17) is 4.74 Å². The molecule has 7 nitrogen and oxygen atoms in total. The van der Waals surface area contributed by atoms with Crippen molar-refractivity contribution < 1.29 is 27.9 Å². The van der Waals surface area contributed by atoms with E-state index in [0.717, 1.165) is 12.1 Å². The molecule has 32 heavy (non-hydrogen) atoms. The number of carbonyl (C=O) groups is 3. The first-order chi connectivity index (χ1) is 15.4. The molecule has 166 valence electrons. The van der Waals surface area contributed by atoms with Crippen molar-refractivity contribution in [3.8, 4) is 5.75 Å². The lowest BCUT2D eigenvalue weighted by Gasteiger charge is -2.09. The third-order valence-electron chi connectivity index (χ3n) is 4.12. The van der Waals surface area contributed by atoms with Crippen LogP contribution in [0.25, 0.3) is 0 Å². The summed E-state index contributed by atoms with van der Waals surface area (Å²) in [4.78, 5) is 36.5. The van der Waals surface area contributed by atoms with E-state index in [9.17, 15) is 23.2 Å². The SMILES string of the molecule is O=C(COc1ccc(F)cc1F)Nc1ccc(C(=O)NCCNC(=O)c2cccs2)cc1. The molecule has 0 aliphatic heterocycles. The number of benzene rings is 2. The maximum atomic E-state index is 13.5. The maximum absolute atomic E-state index is 13.5. The Balaban J connectivity index is 1.40. The van der Waals surface area contributed by atoms with Crippen LogP contribution >= 0.6 is 11.3 Å². The van der Waals surface area contributed by atoms with Crippen molar-refractivity contribution in [3.05, 3.63) is 82.1 Å². The highest BCUT2D eigenvalue weighted by Gasteiger charge is 2.10. The molecule has 0 bridgehead atoms. The van der Waals surface area contributed by atoms with Crippen LogP contribution in [0, 0.1) is 11.6 Å². The van der Waals surface area contributed by atoms with Crippen LogP contribution in [0.5, 0.6) is 5.75 Å². The van der Waals surface area contributed by atoms with Gasteiger partial charge >= 0.3 is 0 Å². The second-order valence-electron chi connectivity index (χ2n) is 6.48. The lowest BCUT2D eigenvalue weighted by atomic mass is 10.2. The highest BCUT2D eigenvalue weighted by atomic mass is 32.1. The topological polar surface area (TPSA) is 96.5 Å². The average molecular weight is 459 g/mol. The van der Waals surface area contributed by atoms with E-state index in [2.05, 4.69) is 16.0 Å². The molecular weight excluding hydrogens is 440 g/mol. The van der Waals surface area contributed by atoms with Gasteiger partial charge in [0.15, 0.2) is 18.2 Å². The molecule has 3 rings (SSSR count). The highest BCUT2D eigenvalue weighted by Crippen LogP contribution is 2.17. The number of hydrogen-bond acceptors (Lipinski definition) is 5. The van der Waals surface area contributed by atoms with Crippen molar-refractivity contribution in [1.82, 2.24) is 10.6 Å². The first kappa shape index (κ1) is 22.9. The zero-order valence-corrected chi connectivity index (χ0v) is 17.5. The summed E-state index contributed by atoms with van der Waals surface area (Å²) in [6.07, 6.45) is 0. The van der Waals surface area contributed by atoms with Crippen LogP contribution in [0.1, 0.15) is 20.0 Å². The summed E-state index contributed by atoms with van der Waals surface area (Å²) >= 11 is 1.33. The fraction of sp³-hybridized carbons (Fsp3) is 0.136. The van der Waals surface area contributed by atoms with Crippen LogP contribution in [0.3, 0.4) is 0 Å². The first-order valence-corrected chi connectivity index (χ1v) is 10.4. The van der Waals surface area contributed by atoms with Gasteiger partial charge in [-0.2, -0.15) is 0 Å². The molecule has 0 aliphatic rings. The number of rotatable bonds is 9. The zero-order valence-electron chi connectivity index (χ0n) is 16.7. The summed E-state index contributed by atoms with van der Waals surface area (Å²) in [7, 11) is 0. The molecule has 0 fully saturated rings. The zero-order chi connectivity index (χ0) is 22.9. The molecule has 0 radical (unpaired) electrons. The standard InChI is InChI=1S/C22H19F2N3O4S/c23-15-5-8-18(17(24)12-15)31-13-20(28)27-16-6-3-14(4-7-16)21(29)25-9-10-26-22(30)19-2-1-11-32-19/h1-8,11-12H,9-10,13H2,(H,25,29)(H,26,30)(H,27,28). The Kier molecular flexibility index (Phi) is 7.87. The number of hydrogen-bond donors (Lipinski definition) is 3. The van der Waals surface area contributed by atoms with Crippen molar-refractivity contribution in [3.63, 3.8) is 0 Å². The van der Waals surface area contributed by atoms with E-state index in [-0.39, 0.29) is 30.7 Å². The molecule has 0 atom stereocenters. The second-order valence-corrected chi connectivity index (χ2v) is 7.43. The predicted molar refractivity (Wildman–Crippen MR) is 116 cm³/mol. The number of nitrogens with one attached hydrogen (secondary N) is 3. The van der Waals surface area contributed by atoms with Crippen LogP contribution in [0.2, 0.25) is 0 Å². The fourth-order valence-electron chi connectivity index (χ4n) is 2.59. The number of amides is 3. The maximum Gasteiger partial charge on any atom is 0.262 e. The van der Waals surface area contributed by atoms with E-state index >= 15 is 0 Å². The van der Waals surface area contributed by atoms with Crippen molar-refractivity contribution >= 4 is 34.7 Å². The van der Waals surface area contributed by atoms with Crippen LogP contribution in [-0.4, -0.2) is 37.4 Å². The van der Waals surface area contributed by atoms with Gasteiger partial charge < -0.3 is 20.7 Å². The lowest BCUT2D eigenvalue weighted by Crippen LogP contribution is -2.34. The van der Waals surface area contributed by atoms with Crippen LogP contribution in [0.4, 0.5) is 14.5 Å². The third-order valence-corrected chi connectivity index (χ3v) is 4.99. The Morgan fingerprint density at radius 3 is 2.28 bits per heavy atom. The molecule has 3 N–H and O–H groups in total. The Morgan fingerprint density at radius 2 is 1.62 bits per heavy atom. The monoisotopic (exact) mass is 459 g/mol.